The van der Waals surface area contributed by atoms with Crippen molar-refractivity contribution in [2.45, 2.75) is 112 Å². The van der Waals surface area contributed by atoms with Gasteiger partial charge in [-0.2, -0.15) is 0 Å². The van der Waals surface area contributed by atoms with Gasteiger partial charge in [-0.05, 0) is 74.7 Å². The summed E-state index contributed by atoms with van der Waals surface area (Å²) in [5.41, 5.74) is 2.13. The lowest BCUT2D eigenvalue weighted by atomic mass is 9.81. The van der Waals surface area contributed by atoms with E-state index in [2.05, 4.69) is 82.3 Å². The summed E-state index contributed by atoms with van der Waals surface area (Å²) in [4.78, 5) is 12.3. The molecule has 0 amide bonds. The Morgan fingerprint density at radius 2 is 1.30 bits per heavy atom. The minimum Gasteiger partial charge on any atom is -0.300 e. The fourth-order valence-corrected chi connectivity index (χ4v) is 4.24. The molecule has 1 rings (SSSR count). The standard InChI is InChI=1S/C32H50O/c1-6-7-8-9-10-11-17-25-31(2,3)26-18-15-22-30(33)23-16-19-27-32(4,5)28-24-29-20-13-12-14-21-29/h6-14,20-21H,15-19,22-28H2,1-5H3/b7-6-,9-8-,11-10+. The summed E-state index contributed by atoms with van der Waals surface area (Å²) in [5, 5.41) is 0. The Balaban J connectivity index is 2.09. The molecule has 0 N–H and O–H groups in total. The van der Waals surface area contributed by atoms with Gasteiger partial charge in [0.1, 0.15) is 5.78 Å². The van der Waals surface area contributed by atoms with Crippen LogP contribution in [-0.4, -0.2) is 5.78 Å². The van der Waals surface area contributed by atoms with Crippen LogP contribution in [0.5, 0.6) is 0 Å². The molecule has 0 aliphatic rings. The monoisotopic (exact) mass is 450 g/mol. The minimum absolute atomic E-state index is 0.350. The highest BCUT2D eigenvalue weighted by atomic mass is 16.1. The van der Waals surface area contributed by atoms with Gasteiger partial charge < -0.3 is 0 Å². The summed E-state index contributed by atoms with van der Waals surface area (Å²) in [7, 11) is 0. The molecule has 0 unspecified atom stereocenters. The van der Waals surface area contributed by atoms with Gasteiger partial charge in [0.15, 0.2) is 0 Å². The molecule has 0 fully saturated rings. The van der Waals surface area contributed by atoms with E-state index in [0.29, 0.717) is 16.6 Å². The van der Waals surface area contributed by atoms with Crippen LogP contribution in [0.3, 0.4) is 0 Å². The summed E-state index contributed by atoms with van der Waals surface area (Å²) in [5.74, 6) is 0.464. The molecule has 0 aliphatic carbocycles. The lowest BCUT2D eigenvalue weighted by Crippen LogP contribution is -2.13. The average Bonchev–Trinajstić information content (AvgIpc) is 2.78. The highest BCUT2D eigenvalue weighted by Crippen LogP contribution is 2.31. The Bertz CT molecular complexity index is 718. The maximum Gasteiger partial charge on any atom is 0.132 e. The molecular formula is C32H50O. The Hall–Kier alpha value is -1.89. The molecule has 0 saturated heterocycles. The van der Waals surface area contributed by atoms with Crippen molar-refractivity contribution in [3.63, 3.8) is 0 Å². The van der Waals surface area contributed by atoms with Crippen LogP contribution in [0.15, 0.2) is 66.8 Å². The molecule has 184 valence electrons. The summed E-state index contributed by atoms with van der Waals surface area (Å²) in [6.07, 6.45) is 25.7. The van der Waals surface area contributed by atoms with Gasteiger partial charge in [0.05, 0.1) is 0 Å². The molecular weight excluding hydrogens is 400 g/mol. The van der Waals surface area contributed by atoms with Crippen LogP contribution >= 0.6 is 0 Å². The third-order valence-electron chi connectivity index (χ3n) is 6.70. The SMILES string of the molecule is C\C=C/C=C\C=C\CCC(C)(C)CCCCC(=O)CCCCC(C)(C)CCc1ccccc1. The Kier molecular flexibility index (Phi) is 14.7. The molecule has 0 saturated carbocycles. The van der Waals surface area contributed by atoms with Crippen LogP contribution in [0, 0.1) is 10.8 Å². The van der Waals surface area contributed by atoms with E-state index in [0.717, 1.165) is 51.4 Å². The van der Waals surface area contributed by atoms with Crippen LogP contribution in [0.1, 0.15) is 111 Å². The zero-order valence-corrected chi connectivity index (χ0v) is 22.2. The van der Waals surface area contributed by atoms with Crippen molar-refractivity contribution in [2.75, 3.05) is 0 Å². The van der Waals surface area contributed by atoms with Crippen LogP contribution in [0.2, 0.25) is 0 Å². The zero-order chi connectivity index (χ0) is 24.4. The lowest BCUT2D eigenvalue weighted by molar-refractivity contribution is -0.119. The molecule has 0 heterocycles. The van der Waals surface area contributed by atoms with E-state index in [1.54, 1.807) is 0 Å². The Morgan fingerprint density at radius 3 is 1.91 bits per heavy atom. The number of hydrogen-bond acceptors (Lipinski definition) is 1. The van der Waals surface area contributed by atoms with Crippen LogP contribution < -0.4 is 0 Å². The highest BCUT2D eigenvalue weighted by Gasteiger charge is 2.18. The average molecular weight is 451 g/mol. The number of aryl methyl sites for hydroxylation is 1. The maximum absolute atomic E-state index is 12.3. The number of unbranched alkanes of at least 4 members (excludes halogenated alkanes) is 2. The molecule has 1 nitrogen and oxygen atoms in total. The van der Waals surface area contributed by atoms with E-state index >= 15 is 0 Å². The number of rotatable bonds is 18. The predicted molar refractivity (Wildman–Crippen MR) is 147 cm³/mol. The molecule has 0 aliphatic heterocycles. The third kappa shape index (κ3) is 16.4. The van der Waals surface area contributed by atoms with Crippen molar-refractivity contribution < 1.29 is 4.79 Å². The van der Waals surface area contributed by atoms with Gasteiger partial charge in [-0.1, -0.05) is 107 Å². The van der Waals surface area contributed by atoms with Crippen molar-refractivity contribution in [3.8, 4) is 0 Å². The number of carbonyl (C=O) groups is 1. The maximum atomic E-state index is 12.3. The van der Waals surface area contributed by atoms with Gasteiger partial charge in [0.25, 0.3) is 0 Å². The summed E-state index contributed by atoms with van der Waals surface area (Å²) < 4.78 is 0. The molecule has 0 radical (unpaired) electrons. The molecule has 1 aromatic carbocycles. The Morgan fingerprint density at radius 1 is 0.727 bits per heavy atom. The first-order chi connectivity index (χ1) is 15.7. The molecule has 0 aromatic heterocycles. The second-order valence-electron chi connectivity index (χ2n) is 11.1. The summed E-state index contributed by atoms with van der Waals surface area (Å²) in [6.45, 7) is 11.5. The third-order valence-corrected chi connectivity index (χ3v) is 6.70. The first kappa shape index (κ1) is 29.1. The summed E-state index contributed by atoms with van der Waals surface area (Å²) in [6, 6.07) is 10.8. The normalized spacial score (nSPS) is 13.0. The quantitative estimate of drug-likeness (QED) is 0.161. The second kappa shape index (κ2) is 16.7. The fourth-order valence-electron chi connectivity index (χ4n) is 4.24. The topological polar surface area (TPSA) is 17.1 Å². The van der Waals surface area contributed by atoms with Gasteiger partial charge in [-0.25, -0.2) is 0 Å². The van der Waals surface area contributed by atoms with Crippen molar-refractivity contribution in [2.24, 2.45) is 10.8 Å². The van der Waals surface area contributed by atoms with Gasteiger partial charge in [-0.15, -0.1) is 0 Å². The first-order valence-corrected chi connectivity index (χ1v) is 13.2. The largest absolute Gasteiger partial charge is 0.300 e. The highest BCUT2D eigenvalue weighted by molar-refractivity contribution is 5.78. The fraction of sp³-hybridized carbons (Fsp3) is 0.594. The van der Waals surface area contributed by atoms with Crippen molar-refractivity contribution in [1.29, 1.82) is 0 Å². The number of hydrogen-bond donors (Lipinski definition) is 0. The molecule has 1 heteroatoms. The number of Topliss-reactive ketones (excluding diaryl/α,β-unsaturated/α-hetero) is 1. The summed E-state index contributed by atoms with van der Waals surface area (Å²) >= 11 is 0. The van der Waals surface area contributed by atoms with Crippen molar-refractivity contribution >= 4 is 5.78 Å². The van der Waals surface area contributed by atoms with E-state index < -0.39 is 0 Å². The lowest BCUT2D eigenvalue weighted by Gasteiger charge is -2.24. The van der Waals surface area contributed by atoms with Gasteiger partial charge in [0, 0.05) is 12.8 Å². The number of allylic oxidation sites excluding steroid dienone is 6. The van der Waals surface area contributed by atoms with Crippen LogP contribution in [0.25, 0.3) is 0 Å². The predicted octanol–water partition coefficient (Wildman–Crippen LogP) is 9.83. The molecule has 1 aromatic rings. The minimum atomic E-state index is 0.350. The van der Waals surface area contributed by atoms with Gasteiger partial charge in [0.2, 0.25) is 0 Å². The Labute approximate surface area is 205 Å². The molecule has 0 spiro atoms. The van der Waals surface area contributed by atoms with Gasteiger partial charge >= 0.3 is 0 Å². The van der Waals surface area contributed by atoms with Crippen LogP contribution in [-0.2, 0) is 11.2 Å². The van der Waals surface area contributed by atoms with E-state index in [1.807, 2.05) is 19.1 Å². The zero-order valence-electron chi connectivity index (χ0n) is 22.2. The van der Waals surface area contributed by atoms with Crippen molar-refractivity contribution in [3.05, 3.63) is 72.4 Å². The van der Waals surface area contributed by atoms with Gasteiger partial charge in [-0.3, -0.25) is 4.79 Å². The number of benzene rings is 1. The second-order valence-corrected chi connectivity index (χ2v) is 11.1. The molecule has 0 atom stereocenters. The van der Waals surface area contributed by atoms with Crippen LogP contribution in [0.4, 0.5) is 0 Å². The molecule has 33 heavy (non-hydrogen) atoms. The molecule has 0 bridgehead atoms. The first-order valence-electron chi connectivity index (χ1n) is 13.2. The van der Waals surface area contributed by atoms with E-state index in [1.165, 1.54) is 31.2 Å². The van der Waals surface area contributed by atoms with Crippen molar-refractivity contribution in [1.82, 2.24) is 0 Å². The van der Waals surface area contributed by atoms with E-state index in [9.17, 15) is 4.79 Å². The smallest absolute Gasteiger partial charge is 0.132 e. The number of ketones is 1. The number of carbonyl (C=O) groups excluding carboxylic acids is 1. The van der Waals surface area contributed by atoms with E-state index in [-0.39, 0.29) is 0 Å². The van der Waals surface area contributed by atoms with E-state index in [4.69, 9.17) is 0 Å².